The average Bonchev–Trinajstić information content (AvgIpc) is 3.03. The zero-order valence-corrected chi connectivity index (χ0v) is 16.0. The fraction of sp³-hybridized carbons (Fsp3) is 0.588. The summed E-state index contributed by atoms with van der Waals surface area (Å²) in [6.07, 6.45) is 1.17. The summed E-state index contributed by atoms with van der Waals surface area (Å²) in [4.78, 5) is 12.4. The van der Waals surface area contributed by atoms with Gasteiger partial charge in [0.2, 0.25) is 5.91 Å². The van der Waals surface area contributed by atoms with Crippen molar-refractivity contribution in [2.75, 3.05) is 25.2 Å². The Balaban J connectivity index is 1.93. The smallest absolute Gasteiger partial charge is 0.224 e. The highest BCUT2D eigenvalue weighted by molar-refractivity contribution is 7.99. The molecule has 2 rings (SSSR count). The summed E-state index contributed by atoms with van der Waals surface area (Å²) < 4.78 is 29.7. The topological polar surface area (TPSA) is 72.5 Å². The second kappa shape index (κ2) is 7.89. The summed E-state index contributed by atoms with van der Waals surface area (Å²) >= 11 is 1.83. The van der Waals surface area contributed by atoms with Crippen LogP contribution in [0.15, 0.2) is 29.2 Å². The maximum absolute atomic E-state index is 12.1. The minimum atomic E-state index is -3.27. The number of hydrogen-bond donors (Lipinski definition) is 1. The predicted molar refractivity (Wildman–Crippen MR) is 97.2 cm³/mol. The number of rotatable bonds is 7. The van der Waals surface area contributed by atoms with Crippen LogP contribution in [0.25, 0.3) is 0 Å². The summed E-state index contributed by atoms with van der Waals surface area (Å²) in [7, 11) is -1.59. The molecule has 1 N–H and O–H groups in total. The third-order valence-electron chi connectivity index (χ3n) is 4.35. The van der Waals surface area contributed by atoms with Crippen LogP contribution in [-0.4, -0.2) is 50.3 Å². The van der Waals surface area contributed by atoms with Crippen LogP contribution in [0.5, 0.6) is 0 Å². The second-order valence-electron chi connectivity index (χ2n) is 6.38. The molecular formula is C17H25NO4S2. The molecule has 0 bridgehead atoms. The van der Waals surface area contributed by atoms with E-state index in [2.05, 4.69) is 5.32 Å². The van der Waals surface area contributed by atoms with E-state index in [1.807, 2.05) is 11.8 Å². The van der Waals surface area contributed by atoms with E-state index in [1.54, 1.807) is 45.2 Å². The highest BCUT2D eigenvalue weighted by Gasteiger charge is 2.34. The van der Waals surface area contributed by atoms with Gasteiger partial charge in [0, 0.05) is 19.4 Å². The number of carbonyl (C=O) groups is 1. The second-order valence-corrected chi connectivity index (χ2v) is 9.99. The van der Waals surface area contributed by atoms with Gasteiger partial charge in [-0.25, -0.2) is 8.42 Å². The number of amides is 1. The van der Waals surface area contributed by atoms with Gasteiger partial charge in [0.05, 0.1) is 22.2 Å². The van der Waals surface area contributed by atoms with Gasteiger partial charge in [-0.05, 0) is 43.7 Å². The molecule has 1 atom stereocenters. The molecule has 1 aromatic rings. The van der Waals surface area contributed by atoms with Crippen LogP contribution in [0.4, 0.5) is 0 Å². The molecule has 134 valence electrons. The highest BCUT2D eigenvalue weighted by Crippen LogP contribution is 2.30. The average molecular weight is 372 g/mol. The van der Waals surface area contributed by atoms with Gasteiger partial charge in [-0.3, -0.25) is 4.79 Å². The van der Waals surface area contributed by atoms with Crippen molar-refractivity contribution in [3.8, 4) is 0 Å². The first-order valence-electron chi connectivity index (χ1n) is 8.01. The minimum Gasteiger partial charge on any atom is -0.376 e. The number of hydrogen-bond acceptors (Lipinski definition) is 5. The van der Waals surface area contributed by atoms with Crippen molar-refractivity contribution in [1.82, 2.24) is 5.32 Å². The van der Waals surface area contributed by atoms with Crippen molar-refractivity contribution >= 4 is 27.5 Å². The number of nitrogens with one attached hydrogen (secondary N) is 1. The van der Waals surface area contributed by atoms with Gasteiger partial charge in [0.1, 0.15) is 0 Å². The lowest BCUT2D eigenvalue weighted by Gasteiger charge is -2.26. The van der Waals surface area contributed by atoms with Crippen LogP contribution < -0.4 is 5.32 Å². The van der Waals surface area contributed by atoms with Crippen LogP contribution in [0, 0.1) is 0 Å². The van der Waals surface area contributed by atoms with E-state index in [0.717, 1.165) is 23.5 Å². The summed E-state index contributed by atoms with van der Waals surface area (Å²) in [5, 5.41) is 2.48. The Hall–Kier alpha value is -1.05. The summed E-state index contributed by atoms with van der Waals surface area (Å²) in [5.41, 5.74) is 0.540. The number of methoxy groups -OCH3 is 1. The minimum absolute atomic E-state index is 0.0807. The van der Waals surface area contributed by atoms with E-state index in [-0.39, 0.29) is 17.9 Å². The normalized spacial score (nSPS) is 21.2. The van der Waals surface area contributed by atoms with Gasteiger partial charge in [-0.15, -0.1) is 0 Å². The molecule has 24 heavy (non-hydrogen) atoms. The molecular weight excluding hydrogens is 346 g/mol. The third kappa shape index (κ3) is 4.52. The number of benzene rings is 1. The lowest BCUT2D eigenvalue weighted by atomic mass is 10.0. The Morgan fingerprint density at radius 3 is 2.50 bits per heavy atom. The molecule has 1 amide bonds. The standard InChI is InChI=1S/C17H25NO4S2/c1-13(2)24(20,21)15-6-4-14(5-7-15)10-16(19)18-11-17(22-3)8-9-23-12-17/h4-7,13H,8-12H2,1-3H3,(H,18,19)/t17-/m1/s1. The molecule has 1 saturated heterocycles. The Kier molecular flexibility index (Phi) is 6.33. The van der Waals surface area contributed by atoms with Gasteiger partial charge < -0.3 is 10.1 Å². The summed E-state index contributed by atoms with van der Waals surface area (Å²) in [5.74, 6) is 1.86. The summed E-state index contributed by atoms with van der Waals surface area (Å²) in [6.45, 7) is 3.82. The van der Waals surface area contributed by atoms with Gasteiger partial charge in [-0.1, -0.05) is 12.1 Å². The van der Waals surface area contributed by atoms with Crippen molar-refractivity contribution in [3.63, 3.8) is 0 Å². The first kappa shape index (κ1) is 19.3. The lowest BCUT2D eigenvalue weighted by molar-refractivity contribution is -0.121. The first-order chi connectivity index (χ1) is 11.3. The maximum atomic E-state index is 12.1. The Morgan fingerprint density at radius 2 is 2.00 bits per heavy atom. The molecule has 1 aromatic carbocycles. The Labute approximate surface area is 148 Å². The van der Waals surface area contributed by atoms with E-state index < -0.39 is 15.1 Å². The molecule has 5 nitrogen and oxygen atoms in total. The molecule has 0 radical (unpaired) electrons. The zero-order valence-electron chi connectivity index (χ0n) is 14.4. The number of sulfone groups is 1. The molecule has 1 heterocycles. The molecule has 0 unspecified atom stereocenters. The van der Waals surface area contributed by atoms with E-state index in [4.69, 9.17) is 4.74 Å². The first-order valence-corrected chi connectivity index (χ1v) is 10.7. The third-order valence-corrected chi connectivity index (χ3v) is 7.74. The van der Waals surface area contributed by atoms with E-state index in [9.17, 15) is 13.2 Å². The molecule has 7 heteroatoms. The van der Waals surface area contributed by atoms with Gasteiger partial charge >= 0.3 is 0 Å². The van der Waals surface area contributed by atoms with Crippen molar-refractivity contribution < 1.29 is 17.9 Å². The lowest BCUT2D eigenvalue weighted by Crippen LogP contribution is -2.45. The monoisotopic (exact) mass is 371 g/mol. The van der Waals surface area contributed by atoms with Gasteiger partial charge in [0.15, 0.2) is 9.84 Å². The predicted octanol–water partition coefficient (Wildman–Crippen LogP) is 2.05. The van der Waals surface area contributed by atoms with Crippen molar-refractivity contribution in [1.29, 1.82) is 0 Å². The molecule has 1 fully saturated rings. The number of thioether (sulfide) groups is 1. The van der Waals surface area contributed by atoms with Crippen LogP contribution in [0.2, 0.25) is 0 Å². The maximum Gasteiger partial charge on any atom is 0.224 e. The van der Waals surface area contributed by atoms with Crippen LogP contribution >= 0.6 is 11.8 Å². The molecule has 0 saturated carbocycles. The van der Waals surface area contributed by atoms with Crippen molar-refractivity contribution in [3.05, 3.63) is 29.8 Å². The van der Waals surface area contributed by atoms with Crippen LogP contribution in [0.1, 0.15) is 25.8 Å². The molecule has 1 aliphatic heterocycles. The Bertz CT molecular complexity index is 662. The quantitative estimate of drug-likeness (QED) is 0.794. The molecule has 0 spiro atoms. The number of carbonyl (C=O) groups excluding carboxylic acids is 1. The largest absolute Gasteiger partial charge is 0.376 e. The fourth-order valence-electron chi connectivity index (χ4n) is 2.54. The fourth-order valence-corrected chi connectivity index (χ4v) is 4.99. The zero-order chi connectivity index (χ0) is 17.8. The Morgan fingerprint density at radius 1 is 1.33 bits per heavy atom. The van der Waals surface area contributed by atoms with Crippen LogP contribution in [-0.2, 0) is 25.8 Å². The number of ether oxygens (including phenoxy) is 1. The summed E-state index contributed by atoms with van der Waals surface area (Å²) in [6, 6.07) is 6.54. The SMILES string of the molecule is CO[C@@]1(CNC(=O)Cc2ccc(S(=O)(=O)C(C)C)cc2)CCSC1. The van der Waals surface area contributed by atoms with Crippen LogP contribution in [0.3, 0.4) is 0 Å². The van der Waals surface area contributed by atoms with E-state index >= 15 is 0 Å². The molecule has 0 aromatic heterocycles. The van der Waals surface area contributed by atoms with Crippen molar-refractivity contribution in [2.24, 2.45) is 0 Å². The molecule has 0 aliphatic carbocycles. The highest BCUT2D eigenvalue weighted by atomic mass is 32.2. The van der Waals surface area contributed by atoms with E-state index in [0.29, 0.717) is 11.4 Å². The van der Waals surface area contributed by atoms with E-state index in [1.165, 1.54) is 0 Å². The van der Waals surface area contributed by atoms with Gasteiger partial charge in [0.25, 0.3) is 0 Å². The molecule has 1 aliphatic rings. The van der Waals surface area contributed by atoms with Crippen molar-refractivity contribution in [2.45, 2.75) is 42.4 Å². The van der Waals surface area contributed by atoms with Gasteiger partial charge in [-0.2, -0.15) is 11.8 Å².